The van der Waals surface area contributed by atoms with Gasteiger partial charge in [0, 0.05) is 22.4 Å². The number of anilines is 2. The molecule has 1 aromatic carbocycles. The molecular formula is C15H17FN2OS. The van der Waals surface area contributed by atoms with Crippen LogP contribution in [-0.4, -0.2) is 5.91 Å². The lowest BCUT2D eigenvalue weighted by molar-refractivity contribution is -0.114. The molecule has 1 heterocycles. The fourth-order valence-corrected chi connectivity index (χ4v) is 2.79. The number of amides is 1. The number of thiophene rings is 1. The van der Waals surface area contributed by atoms with Gasteiger partial charge in [0.15, 0.2) is 0 Å². The fourth-order valence-electron chi connectivity index (χ4n) is 1.91. The maximum absolute atomic E-state index is 13.6. The van der Waals surface area contributed by atoms with Crippen molar-refractivity contribution in [3.8, 4) is 0 Å². The molecule has 0 saturated carbocycles. The van der Waals surface area contributed by atoms with Crippen LogP contribution in [0.3, 0.4) is 0 Å². The second kappa shape index (κ2) is 6.05. The third-order valence-corrected chi connectivity index (χ3v) is 4.03. The normalized spacial score (nSPS) is 12.0. The van der Waals surface area contributed by atoms with Crippen molar-refractivity contribution in [2.24, 2.45) is 0 Å². The zero-order chi connectivity index (χ0) is 14.7. The minimum absolute atomic E-state index is 0.129. The molecule has 0 aliphatic carbocycles. The molecule has 1 amide bonds. The molecule has 0 fully saturated rings. The lowest BCUT2D eigenvalue weighted by atomic mass is 10.2. The number of aryl methyl sites for hydroxylation is 1. The van der Waals surface area contributed by atoms with E-state index >= 15 is 0 Å². The number of hydrogen-bond donors (Lipinski definition) is 2. The topological polar surface area (TPSA) is 41.1 Å². The van der Waals surface area contributed by atoms with Crippen LogP contribution in [-0.2, 0) is 4.79 Å². The summed E-state index contributed by atoms with van der Waals surface area (Å²) in [5, 5.41) is 5.78. The maximum Gasteiger partial charge on any atom is 0.221 e. The van der Waals surface area contributed by atoms with Crippen molar-refractivity contribution in [3.05, 3.63) is 45.9 Å². The Balaban J connectivity index is 2.15. The monoisotopic (exact) mass is 292 g/mol. The van der Waals surface area contributed by atoms with Gasteiger partial charge in [-0.25, -0.2) is 4.39 Å². The largest absolute Gasteiger partial charge is 0.378 e. The van der Waals surface area contributed by atoms with Gasteiger partial charge in [-0.2, -0.15) is 0 Å². The Morgan fingerprint density at radius 1 is 1.30 bits per heavy atom. The summed E-state index contributed by atoms with van der Waals surface area (Å²) < 4.78 is 13.6. The molecule has 0 radical (unpaired) electrons. The summed E-state index contributed by atoms with van der Waals surface area (Å²) in [6.07, 6.45) is 0. The third-order valence-electron chi connectivity index (χ3n) is 2.85. The van der Waals surface area contributed by atoms with Gasteiger partial charge in [-0.05, 0) is 44.2 Å². The fraction of sp³-hybridized carbons (Fsp3) is 0.267. The van der Waals surface area contributed by atoms with Gasteiger partial charge in [0.25, 0.3) is 0 Å². The van der Waals surface area contributed by atoms with Gasteiger partial charge in [0.1, 0.15) is 5.82 Å². The standard InChI is InChI=1S/C15H17FN2OS/c1-9-4-7-15(20-9)10(2)17-12-5-6-13(16)14(8-12)18-11(3)19/h4-8,10,17H,1-3H3,(H,18,19). The lowest BCUT2D eigenvalue weighted by Crippen LogP contribution is -2.09. The van der Waals surface area contributed by atoms with Crippen LogP contribution < -0.4 is 10.6 Å². The molecule has 1 atom stereocenters. The predicted molar refractivity (Wildman–Crippen MR) is 81.8 cm³/mol. The summed E-state index contributed by atoms with van der Waals surface area (Å²) in [6.45, 7) is 5.47. The van der Waals surface area contributed by atoms with E-state index in [-0.39, 0.29) is 17.6 Å². The first-order chi connectivity index (χ1) is 9.45. The minimum Gasteiger partial charge on any atom is -0.378 e. The van der Waals surface area contributed by atoms with Crippen molar-refractivity contribution < 1.29 is 9.18 Å². The number of nitrogens with one attached hydrogen (secondary N) is 2. The molecule has 0 aliphatic heterocycles. The summed E-state index contributed by atoms with van der Waals surface area (Å²) in [4.78, 5) is 13.5. The smallest absolute Gasteiger partial charge is 0.221 e. The Bertz CT molecular complexity index is 624. The number of benzene rings is 1. The van der Waals surface area contributed by atoms with Crippen LogP contribution in [0.2, 0.25) is 0 Å². The first-order valence-corrected chi connectivity index (χ1v) is 7.17. The maximum atomic E-state index is 13.6. The van der Waals surface area contributed by atoms with Gasteiger partial charge >= 0.3 is 0 Å². The quantitative estimate of drug-likeness (QED) is 0.880. The molecule has 106 valence electrons. The van der Waals surface area contributed by atoms with E-state index in [0.717, 1.165) is 5.69 Å². The molecule has 2 aromatic rings. The minimum atomic E-state index is -0.439. The van der Waals surface area contributed by atoms with Crippen molar-refractivity contribution >= 4 is 28.6 Å². The van der Waals surface area contributed by atoms with Crippen LogP contribution in [0.15, 0.2) is 30.3 Å². The highest BCUT2D eigenvalue weighted by atomic mass is 32.1. The first-order valence-electron chi connectivity index (χ1n) is 6.35. The lowest BCUT2D eigenvalue weighted by Gasteiger charge is -2.15. The van der Waals surface area contributed by atoms with Crippen LogP contribution in [0.5, 0.6) is 0 Å². The molecule has 0 saturated heterocycles. The summed E-state index contributed by atoms with van der Waals surface area (Å²) in [6, 6.07) is 8.90. The molecule has 1 aromatic heterocycles. The Morgan fingerprint density at radius 3 is 2.65 bits per heavy atom. The highest BCUT2D eigenvalue weighted by Crippen LogP contribution is 2.27. The van der Waals surface area contributed by atoms with E-state index in [1.807, 2.05) is 6.92 Å². The molecule has 2 N–H and O–H groups in total. The SMILES string of the molecule is CC(=O)Nc1cc(NC(C)c2ccc(C)s2)ccc1F. The van der Waals surface area contributed by atoms with Gasteiger partial charge in [-0.3, -0.25) is 4.79 Å². The first kappa shape index (κ1) is 14.5. The average Bonchev–Trinajstić information content (AvgIpc) is 2.79. The molecule has 5 heteroatoms. The van der Waals surface area contributed by atoms with E-state index in [1.165, 1.54) is 22.7 Å². The van der Waals surface area contributed by atoms with E-state index in [9.17, 15) is 9.18 Å². The summed E-state index contributed by atoms with van der Waals surface area (Å²) in [7, 11) is 0. The number of carbonyl (C=O) groups excluding carboxylic acids is 1. The van der Waals surface area contributed by atoms with Gasteiger partial charge < -0.3 is 10.6 Å². The van der Waals surface area contributed by atoms with Crippen molar-refractivity contribution in [2.75, 3.05) is 10.6 Å². The van der Waals surface area contributed by atoms with Gasteiger partial charge in [0.2, 0.25) is 5.91 Å². The molecule has 3 nitrogen and oxygen atoms in total. The van der Waals surface area contributed by atoms with E-state index in [0.29, 0.717) is 0 Å². The number of halogens is 1. The van der Waals surface area contributed by atoms with Gasteiger partial charge in [-0.15, -0.1) is 11.3 Å². The van der Waals surface area contributed by atoms with E-state index in [4.69, 9.17) is 0 Å². The van der Waals surface area contributed by atoms with Crippen LogP contribution in [0.1, 0.15) is 29.6 Å². The zero-order valence-corrected chi connectivity index (χ0v) is 12.5. The number of carbonyl (C=O) groups is 1. The second-order valence-electron chi connectivity index (χ2n) is 4.69. The third kappa shape index (κ3) is 3.57. The average molecular weight is 292 g/mol. The summed E-state index contributed by atoms with van der Waals surface area (Å²) >= 11 is 1.73. The zero-order valence-electron chi connectivity index (χ0n) is 11.7. The predicted octanol–water partition coefficient (Wildman–Crippen LogP) is 4.33. The molecular weight excluding hydrogens is 275 g/mol. The molecule has 20 heavy (non-hydrogen) atoms. The number of rotatable bonds is 4. The summed E-state index contributed by atoms with van der Waals surface area (Å²) in [5.74, 6) is -0.728. The second-order valence-corrected chi connectivity index (χ2v) is 6.01. The molecule has 2 rings (SSSR count). The van der Waals surface area contributed by atoms with E-state index < -0.39 is 5.82 Å². The van der Waals surface area contributed by atoms with Crippen LogP contribution in [0.4, 0.5) is 15.8 Å². The van der Waals surface area contributed by atoms with E-state index in [2.05, 4.69) is 29.7 Å². The number of hydrogen-bond acceptors (Lipinski definition) is 3. The molecule has 1 unspecified atom stereocenters. The molecule has 0 spiro atoms. The highest BCUT2D eigenvalue weighted by molar-refractivity contribution is 7.12. The summed E-state index contributed by atoms with van der Waals surface area (Å²) in [5.41, 5.74) is 0.964. The highest BCUT2D eigenvalue weighted by Gasteiger charge is 2.10. The Morgan fingerprint density at radius 2 is 2.05 bits per heavy atom. The Hall–Kier alpha value is -1.88. The van der Waals surface area contributed by atoms with Crippen molar-refractivity contribution in [2.45, 2.75) is 26.8 Å². The van der Waals surface area contributed by atoms with Crippen molar-refractivity contribution in [1.82, 2.24) is 0 Å². The van der Waals surface area contributed by atoms with Crippen molar-refractivity contribution in [3.63, 3.8) is 0 Å². The van der Waals surface area contributed by atoms with Crippen LogP contribution in [0, 0.1) is 12.7 Å². The van der Waals surface area contributed by atoms with Crippen LogP contribution >= 0.6 is 11.3 Å². The van der Waals surface area contributed by atoms with Gasteiger partial charge in [0.05, 0.1) is 11.7 Å². The van der Waals surface area contributed by atoms with Crippen molar-refractivity contribution in [1.29, 1.82) is 0 Å². The van der Waals surface area contributed by atoms with E-state index in [1.54, 1.807) is 23.5 Å². The Labute approximate surface area is 121 Å². The van der Waals surface area contributed by atoms with Gasteiger partial charge in [-0.1, -0.05) is 0 Å². The molecule has 0 aliphatic rings. The van der Waals surface area contributed by atoms with Crippen LogP contribution in [0.25, 0.3) is 0 Å². The molecule has 0 bridgehead atoms. The Kier molecular flexibility index (Phi) is 4.39.